The summed E-state index contributed by atoms with van der Waals surface area (Å²) in [6.07, 6.45) is -0.948. The molecule has 0 aromatic carbocycles. The monoisotopic (exact) mass is 377 g/mol. The maximum absolute atomic E-state index is 10.3. The number of rotatable bonds is 4. The van der Waals surface area contributed by atoms with Crippen molar-refractivity contribution < 1.29 is 14.9 Å². The highest BCUT2D eigenvalue weighted by Gasteiger charge is 2.44. The van der Waals surface area contributed by atoms with Crippen LogP contribution < -0.4 is 5.73 Å². The van der Waals surface area contributed by atoms with Crippen LogP contribution >= 0.6 is 35.0 Å². The molecular weight excluding hydrogens is 365 g/mol. The molecule has 8 nitrogen and oxygen atoms in total. The van der Waals surface area contributed by atoms with Crippen LogP contribution in [0.4, 0.5) is 5.82 Å². The number of aliphatic hydroxyl groups is 2. The minimum absolute atomic E-state index is 0.230. The smallest absolute Gasteiger partial charge is 0.167 e. The molecular formula is C12H13Cl2N5O3S. The highest BCUT2D eigenvalue weighted by molar-refractivity contribution is 8.04. The average molecular weight is 378 g/mol. The van der Waals surface area contributed by atoms with E-state index in [9.17, 15) is 10.2 Å². The quantitative estimate of drug-likeness (QED) is 0.722. The van der Waals surface area contributed by atoms with E-state index in [0.717, 1.165) is 0 Å². The fourth-order valence-corrected chi connectivity index (χ4v) is 3.39. The van der Waals surface area contributed by atoms with E-state index in [-0.39, 0.29) is 5.82 Å². The molecule has 0 amide bonds. The van der Waals surface area contributed by atoms with Crippen molar-refractivity contribution in [2.24, 2.45) is 0 Å². The summed E-state index contributed by atoms with van der Waals surface area (Å²) in [7, 11) is 0. The number of hydrogen-bond donors (Lipinski definition) is 3. The predicted molar refractivity (Wildman–Crippen MR) is 87.9 cm³/mol. The zero-order valence-corrected chi connectivity index (χ0v) is 13.9. The number of ether oxygens (including phenoxy) is 1. The maximum atomic E-state index is 10.3. The molecule has 3 heterocycles. The highest BCUT2D eigenvalue weighted by Crippen LogP contribution is 2.34. The van der Waals surface area contributed by atoms with Gasteiger partial charge in [-0.05, 0) is 0 Å². The summed E-state index contributed by atoms with van der Waals surface area (Å²) in [6.45, 7) is 0. The van der Waals surface area contributed by atoms with Crippen molar-refractivity contribution in [2.75, 3.05) is 11.5 Å². The Morgan fingerprint density at radius 2 is 2.17 bits per heavy atom. The van der Waals surface area contributed by atoms with Gasteiger partial charge in [-0.1, -0.05) is 23.2 Å². The number of imidazole rings is 1. The molecule has 23 heavy (non-hydrogen) atoms. The average Bonchev–Trinajstić information content (AvgIpc) is 3.09. The lowest BCUT2D eigenvalue weighted by atomic mass is 10.1. The van der Waals surface area contributed by atoms with Gasteiger partial charge in [-0.25, -0.2) is 15.0 Å². The van der Waals surface area contributed by atoms with Crippen molar-refractivity contribution in [1.29, 1.82) is 0 Å². The molecule has 1 aliphatic rings. The number of fused-ring (bicyclic) bond motifs is 1. The van der Waals surface area contributed by atoms with Gasteiger partial charge >= 0.3 is 0 Å². The first-order valence-electron chi connectivity index (χ1n) is 6.56. The predicted octanol–water partition coefficient (Wildman–Crippen LogP) is 1.04. The lowest BCUT2D eigenvalue weighted by Gasteiger charge is -2.16. The Morgan fingerprint density at radius 3 is 2.91 bits per heavy atom. The second kappa shape index (κ2) is 6.80. The number of nitrogen functional groups attached to an aromatic ring is 1. The molecule has 0 bridgehead atoms. The van der Waals surface area contributed by atoms with Crippen molar-refractivity contribution in [3.63, 3.8) is 0 Å². The number of aromatic nitrogens is 4. The summed E-state index contributed by atoms with van der Waals surface area (Å²) in [5, 5.41) is 20.4. The molecule has 0 radical (unpaired) electrons. The van der Waals surface area contributed by atoms with E-state index in [4.69, 9.17) is 33.7 Å². The summed E-state index contributed by atoms with van der Waals surface area (Å²) in [4.78, 5) is 12.1. The molecule has 0 aliphatic carbocycles. The number of nitrogens with zero attached hydrogens (tertiary/aromatic N) is 4. The molecule has 4 N–H and O–H groups in total. The summed E-state index contributed by atoms with van der Waals surface area (Å²) in [5.41, 5.74) is 7.79. The van der Waals surface area contributed by atoms with Crippen LogP contribution in [0, 0.1) is 0 Å². The minimum atomic E-state index is -1.15. The zero-order chi connectivity index (χ0) is 16.6. The fraction of sp³-hybridized carbons (Fsp3) is 0.417. The third-order valence-corrected chi connectivity index (χ3v) is 5.25. The van der Waals surface area contributed by atoms with Crippen LogP contribution in [0.5, 0.6) is 0 Å². The first kappa shape index (κ1) is 16.7. The van der Waals surface area contributed by atoms with E-state index in [1.54, 1.807) is 0 Å². The van der Waals surface area contributed by atoms with Crippen LogP contribution in [0.3, 0.4) is 0 Å². The van der Waals surface area contributed by atoms with E-state index < -0.39 is 24.5 Å². The number of nitrogens with two attached hydrogens (primary N) is 1. The zero-order valence-electron chi connectivity index (χ0n) is 11.6. The Kier molecular flexibility index (Phi) is 4.95. The van der Waals surface area contributed by atoms with Gasteiger partial charge in [0.15, 0.2) is 17.7 Å². The molecule has 1 fully saturated rings. The highest BCUT2D eigenvalue weighted by atomic mass is 35.5. The van der Waals surface area contributed by atoms with Crippen molar-refractivity contribution in [3.8, 4) is 0 Å². The molecule has 0 spiro atoms. The molecule has 2 aromatic rings. The second-order valence-electron chi connectivity index (χ2n) is 4.85. The molecule has 1 saturated heterocycles. The summed E-state index contributed by atoms with van der Waals surface area (Å²) < 4.78 is 7.63. The number of anilines is 1. The molecule has 3 rings (SSSR count). The Bertz CT molecular complexity index is 743. The van der Waals surface area contributed by atoms with Gasteiger partial charge < -0.3 is 20.7 Å². The Morgan fingerprint density at radius 1 is 1.39 bits per heavy atom. The first-order valence-corrected chi connectivity index (χ1v) is 8.36. The topological polar surface area (TPSA) is 119 Å². The molecule has 0 unspecified atom stereocenters. The van der Waals surface area contributed by atoms with Crippen LogP contribution in [-0.4, -0.2) is 53.8 Å². The van der Waals surface area contributed by atoms with Crippen LogP contribution in [-0.2, 0) is 4.74 Å². The van der Waals surface area contributed by atoms with Crippen LogP contribution in [0.15, 0.2) is 22.6 Å². The van der Waals surface area contributed by atoms with Gasteiger partial charge in [-0.15, -0.1) is 11.8 Å². The number of halogens is 2. The molecule has 2 aromatic heterocycles. The lowest BCUT2D eigenvalue weighted by molar-refractivity contribution is -0.0288. The Labute approximate surface area is 145 Å². The normalized spacial score (nSPS) is 28.6. The fourth-order valence-electron chi connectivity index (χ4n) is 2.35. The van der Waals surface area contributed by atoms with E-state index in [1.807, 2.05) is 0 Å². The van der Waals surface area contributed by atoms with Crippen molar-refractivity contribution in [2.45, 2.75) is 24.5 Å². The Balaban J connectivity index is 1.84. The summed E-state index contributed by atoms with van der Waals surface area (Å²) >= 11 is 12.5. The van der Waals surface area contributed by atoms with E-state index in [2.05, 4.69) is 15.0 Å². The summed E-state index contributed by atoms with van der Waals surface area (Å²) in [5.74, 6) is 0.563. The van der Waals surface area contributed by atoms with E-state index >= 15 is 0 Å². The Hall–Kier alpha value is -1.10. The number of thioether (sulfide) groups is 1. The molecule has 124 valence electrons. The molecule has 0 saturated carbocycles. The third-order valence-electron chi connectivity index (χ3n) is 3.47. The van der Waals surface area contributed by atoms with Crippen molar-refractivity contribution in [1.82, 2.24) is 19.5 Å². The molecule has 1 aliphatic heterocycles. The van der Waals surface area contributed by atoms with E-state index in [0.29, 0.717) is 21.3 Å². The van der Waals surface area contributed by atoms with Crippen molar-refractivity contribution in [3.05, 3.63) is 22.6 Å². The molecule has 11 heteroatoms. The van der Waals surface area contributed by atoms with Crippen LogP contribution in [0.25, 0.3) is 11.2 Å². The van der Waals surface area contributed by atoms with Gasteiger partial charge in [-0.3, -0.25) is 4.57 Å². The van der Waals surface area contributed by atoms with Gasteiger partial charge in [0, 0.05) is 11.3 Å². The van der Waals surface area contributed by atoms with Crippen LogP contribution in [0.2, 0.25) is 0 Å². The van der Waals surface area contributed by atoms with Gasteiger partial charge in [-0.2, -0.15) is 0 Å². The standard InChI is InChI=1S/C12H13Cl2N5O3S/c13-1-6(14)23-2-5-8(20)9(21)12(22-5)19-4-18-7-10(15)16-3-17-11(7)19/h1,3-5,8-9,12,20-21H,2H2,(H2,15,16,17)/b6-1-/t5-,8-,9-,12-/m1/s1. The maximum Gasteiger partial charge on any atom is 0.167 e. The second-order valence-corrected chi connectivity index (χ2v) is 6.76. The number of aliphatic hydroxyl groups excluding tert-OH is 2. The largest absolute Gasteiger partial charge is 0.387 e. The van der Waals surface area contributed by atoms with E-state index in [1.165, 1.54) is 34.5 Å². The van der Waals surface area contributed by atoms with Gasteiger partial charge in [0.2, 0.25) is 0 Å². The minimum Gasteiger partial charge on any atom is -0.387 e. The number of hydrogen-bond acceptors (Lipinski definition) is 8. The SMILES string of the molecule is Nc1ncnc2c1ncn2[C@@H]1O[C@H](CS/C(Cl)=C\Cl)[C@@H](O)[C@H]1O. The lowest BCUT2D eigenvalue weighted by Crippen LogP contribution is -2.32. The van der Waals surface area contributed by atoms with Crippen molar-refractivity contribution >= 4 is 51.9 Å². The van der Waals surface area contributed by atoms with Gasteiger partial charge in [0.05, 0.1) is 16.8 Å². The molecule has 4 atom stereocenters. The first-order chi connectivity index (χ1) is 11.0. The van der Waals surface area contributed by atoms with Crippen LogP contribution in [0.1, 0.15) is 6.23 Å². The third kappa shape index (κ3) is 3.12. The van der Waals surface area contributed by atoms with Gasteiger partial charge in [0.25, 0.3) is 0 Å². The summed E-state index contributed by atoms with van der Waals surface area (Å²) in [6, 6.07) is 0. The van der Waals surface area contributed by atoms with Gasteiger partial charge in [0.1, 0.15) is 24.1 Å².